The van der Waals surface area contributed by atoms with Gasteiger partial charge in [-0.2, -0.15) is 4.98 Å². The molecule has 1 atom stereocenters. The molecule has 0 saturated heterocycles. The number of nitrogens with zero attached hydrogens (tertiary/aromatic N) is 2. The molecule has 136 valence electrons. The van der Waals surface area contributed by atoms with E-state index in [1.807, 2.05) is 26.0 Å². The molecule has 6 heteroatoms. The Morgan fingerprint density at radius 2 is 2.04 bits per heavy atom. The topological polar surface area (TPSA) is 77.2 Å². The molecular formula is C19H27N3O3. The lowest BCUT2D eigenvalue weighted by molar-refractivity contribution is -0.121. The molecule has 0 aliphatic carbocycles. The van der Waals surface area contributed by atoms with Gasteiger partial charge in [0.05, 0.1) is 7.11 Å². The number of ether oxygens (including phenoxy) is 1. The first-order valence-electron chi connectivity index (χ1n) is 8.84. The van der Waals surface area contributed by atoms with E-state index in [2.05, 4.69) is 27.6 Å². The Balaban J connectivity index is 1.63. The summed E-state index contributed by atoms with van der Waals surface area (Å²) in [4.78, 5) is 16.2. The summed E-state index contributed by atoms with van der Waals surface area (Å²) < 4.78 is 10.3. The fraction of sp³-hybridized carbons (Fsp3) is 0.526. The van der Waals surface area contributed by atoms with Crippen LogP contribution >= 0.6 is 0 Å². The molecule has 1 aromatic heterocycles. The number of rotatable bonds is 10. The van der Waals surface area contributed by atoms with Crippen molar-refractivity contribution in [3.05, 3.63) is 41.5 Å². The summed E-state index contributed by atoms with van der Waals surface area (Å²) in [6.45, 7) is 4.02. The van der Waals surface area contributed by atoms with Gasteiger partial charge in [-0.25, -0.2) is 0 Å². The number of amides is 1. The second-order valence-corrected chi connectivity index (χ2v) is 6.17. The predicted octanol–water partition coefficient (Wildman–Crippen LogP) is 3.10. The molecular weight excluding hydrogens is 318 g/mol. The van der Waals surface area contributed by atoms with Crippen LogP contribution < -0.4 is 10.1 Å². The Morgan fingerprint density at radius 3 is 2.68 bits per heavy atom. The molecule has 0 unspecified atom stereocenters. The molecule has 1 heterocycles. The van der Waals surface area contributed by atoms with Crippen LogP contribution in [-0.2, 0) is 24.1 Å². The fourth-order valence-electron chi connectivity index (χ4n) is 2.53. The lowest BCUT2D eigenvalue weighted by Gasteiger charge is -2.14. The molecule has 2 aromatic rings. The number of nitrogens with one attached hydrogen (secondary N) is 1. The number of benzene rings is 1. The van der Waals surface area contributed by atoms with Crippen LogP contribution in [0.15, 0.2) is 28.8 Å². The number of hydrogen-bond donors (Lipinski definition) is 1. The predicted molar refractivity (Wildman–Crippen MR) is 95.5 cm³/mol. The Bertz CT molecular complexity index is 652. The van der Waals surface area contributed by atoms with Crippen LogP contribution in [-0.4, -0.2) is 29.2 Å². The monoisotopic (exact) mass is 345 g/mol. The molecule has 2 rings (SSSR count). The minimum atomic E-state index is 0.0671. The number of hydrogen-bond acceptors (Lipinski definition) is 5. The van der Waals surface area contributed by atoms with Gasteiger partial charge in [-0.15, -0.1) is 0 Å². The van der Waals surface area contributed by atoms with Gasteiger partial charge in [0, 0.05) is 25.3 Å². The third-order valence-electron chi connectivity index (χ3n) is 4.05. The lowest BCUT2D eigenvalue weighted by Crippen LogP contribution is -2.32. The maximum atomic E-state index is 12.0. The molecule has 1 aromatic carbocycles. The minimum Gasteiger partial charge on any atom is -0.497 e. The molecule has 0 aliphatic heterocycles. The van der Waals surface area contributed by atoms with Gasteiger partial charge in [0.15, 0.2) is 5.82 Å². The Labute approximate surface area is 149 Å². The van der Waals surface area contributed by atoms with Crippen LogP contribution in [0.5, 0.6) is 5.75 Å². The largest absolute Gasteiger partial charge is 0.497 e. The number of carbonyl (C=O) groups excluding carboxylic acids is 1. The van der Waals surface area contributed by atoms with Gasteiger partial charge in [0.2, 0.25) is 11.8 Å². The zero-order valence-corrected chi connectivity index (χ0v) is 15.2. The molecule has 25 heavy (non-hydrogen) atoms. The average molecular weight is 345 g/mol. The Hall–Kier alpha value is -2.37. The van der Waals surface area contributed by atoms with Crippen molar-refractivity contribution in [1.29, 1.82) is 0 Å². The van der Waals surface area contributed by atoms with Gasteiger partial charge in [0.1, 0.15) is 5.75 Å². The van der Waals surface area contributed by atoms with Crippen LogP contribution in [0.3, 0.4) is 0 Å². The third-order valence-corrected chi connectivity index (χ3v) is 4.05. The summed E-state index contributed by atoms with van der Waals surface area (Å²) in [6, 6.07) is 8.18. The van der Waals surface area contributed by atoms with Crippen LogP contribution in [0.2, 0.25) is 0 Å². The summed E-state index contributed by atoms with van der Waals surface area (Å²) in [6.07, 6.45) is 4.41. The number of carbonyl (C=O) groups is 1. The van der Waals surface area contributed by atoms with Crippen molar-refractivity contribution >= 4 is 5.91 Å². The maximum Gasteiger partial charge on any atom is 0.226 e. The van der Waals surface area contributed by atoms with E-state index in [-0.39, 0.29) is 11.9 Å². The minimum absolute atomic E-state index is 0.0671. The average Bonchev–Trinajstić information content (AvgIpc) is 3.08. The normalized spacial score (nSPS) is 12.0. The first-order chi connectivity index (χ1) is 12.1. The fourth-order valence-corrected chi connectivity index (χ4v) is 2.53. The van der Waals surface area contributed by atoms with Crippen LogP contribution in [0.4, 0.5) is 0 Å². The molecule has 1 N–H and O–H groups in total. The van der Waals surface area contributed by atoms with Crippen molar-refractivity contribution in [3.63, 3.8) is 0 Å². The molecule has 0 fully saturated rings. The standard InChI is InChI=1S/C19H27N3O3/c1-4-17-21-19(25-22-17)7-5-6-18(23)20-14(2)8-9-15-10-12-16(24-3)13-11-15/h10-14H,4-9H2,1-3H3,(H,20,23)/t14-/m0/s1. The highest BCUT2D eigenvalue weighted by molar-refractivity contribution is 5.76. The molecule has 0 aliphatic rings. The summed E-state index contributed by atoms with van der Waals surface area (Å²) in [5, 5.41) is 6.90. The van der Waals surface area contributed by atoms with E-state index in [0.717, 1.165) is 25.0 Å². The summed E-state index contributed by atoms with van der Waals surface area (Å²) in [5.41, 5.74) is 1.24. The number of methoxy groups -OCH3 is 1. The summed E-state index contributed by atoms with van der Waals surface area (Å²) in [5.74, 6) is 2.25. The molecule has 6 nitrogen and oxygen atoms in total. The van der Waals surface area contributed by atoms with Crippen molar-refractivity contribution in [3.8, 4) is 5.75 Å². The zero-order chi connectivity index (χ0) is 18.1. The van der Waals surface area contributed by atoms with Gasteiger partial charge in [-0.3, -0.25) is 4.79 Å². The van der Waals surface area contributed by atoms with Gasteiger partial charge in [0.25, 0.3) is 0 Å². The summed E-state index contributed by atoms with van der Waals surface area (Å²) >= 11 is 0. The molecule has 0 saturated carbocycles. The maximum absolute atomic E-state index is 12.0. The van der Waals surface area contributed by atoms with E-state index >= 15 is 0 Å². The quantitative estimate of drug-likeness (QED) is 0.716. The highest BCUT2D eigenvalue weighted by Crippen LogP contribution is 2.13. The second-order valence-electron chi connectivity index (χ2n) is 6.17. The van der Waals surface area contributed by atoms with Crippen molar-refractivity contribution in [1.82, 2.24) is 15.5 Å². The van der Waals surface area contributed by atoms with E-state index in [4.69, 9.17) is 9.26 Å². The Kier molecular flexibility index (Phi) is 7.44. The lowest BCUT2D eigenvalue weighted by atomic mass is 10.1. The number of aromatic nitrogens is 2. The van der Waals surface area contributed by atoms with E-state index in [1.54, 1.807) is 7.11 Å². The molecule has 1 amide bonds. The van der Waals surface area contributed by atoms with Gasteiger partial charge < -0.3 is 14.6 Å². The van der Waals surface area contributed by atoms with Crippen LogP contribution in [0.1, 0.15) is 50.4 Å². The van der Waals surface area contributed by atoms with Gasteiger partial charge in [-0.1, -0.05) is 24.2 Å². The Morgan fingerprint density at radius 1 is 1.28 bits per heavy atom. The first kappa shape index (κ1) is 19.0. The first-order valence-corrected chi connectivity index (χ1v) is 8.84. The van der Waals surface area contributed by atoms with Crippen molar-refractivity contribution in [2.24, 2.45) is 0 Å². The molecule has 0 spiro atoms. The number of aryl methyl sites for hydroxylation is 3. The van der Waals surface area contributed by atoms with Crippen molar-refractivity contribution in [2.75, 3.05) is 7.11 Å². The van der Waals surface area contributed by atoms with E-state index in [9.17, 15) is 4.79 Å². The highest BCUT2D eigenvalue weighted by Gasteiger charge is 2.10. The zero-order valence-electron chi connectivity index (χ0n) is 15.2. The van der Waals surface area contributed by atoms with Gasteiger partial charge in [-0.05, 0) is 43.9 Å². The second kappa shape index (κ2) is 9.81. The highest BCUT2D eigenvalue weighted by atomic mass is 16.5. The van der Waals surface area contributed by atoms with E-state index < -0.39 is 0 Å². The molecule has 0 radical (unpaired) electrons. The molecule has 0 bridgehead atoms. The van der Waals surface area contributed by atoms with Crippen LogP contribution in [0, 0.1) is 0 Å². The van der Waals surface area contributed by atoms with Crippen LogP contribution in [0.25, 0.3) is 0 Å². The summed E-state index contributed by atoms with van der Waals surface area (Å²) in [7, 11) is 1.66. The van der Waals surface area contributed by atoms with E-state index in [0.29, 0.717) is 31.0 Å². The van der Waals surface area contributed by atoms with E-state index in [1.165, 1.54) is 5.56 Å². The van der Waals surface area contributed by atoms with Crippen molar-refractivity contribution < 1.29 is 14.1 Å². The van der Waals surface area contributed by atoms with Crippen molar-refractivity contribution in [2.45, 2.75) is 58.4 Å². The van der Waals surface area contributed by atoms with Gasteiger partial charge >= 0.3 is 0 Å². The SMILES string of the molecule is CCc1noc(CCCC(=O)N[C@@H](C)CCc2ccc(OC)cc2)n1. The smallest absolute Gasteiger partial charge is 0.226 e. The third kappa shape index (κ3) is 6.57.